The van der Waals surface area contributed by atoms with Crippen molar-refractivity contribution in [3.8, 4) is 22.3 Å². The number of rotatable bonds is 6. The molecule has 4 nitrogen and oxygen atoms in total. The minimum Gasteiger partial charge on any atom is -0.456 e. The first-order valence-corrected chi connectivity index (χ1v) is 21.4. The topological polar surface area (TPSA) is 32.8 Å². The fourth-order valence-corrected chi connectivity index (χ4v) is 9.53. The molecular formula is C59H40N2O2. The Bertz CT molecular complexity index is 3650. The first-order chi connectivity index (χ1) is 31.2. The van der Waals surface area contributed by atoms with E-state index in [1.165, 1.54) is 10.8 Å². The molecule has 9 aromatic carbocycles. The predicted octanol–water partition coefficient (Wildman–Crippen LogP) is 16.7. The van der Waals surface area contributed by atoms with Crippen molar-refractivity contribution in [1.29, 1.82) is 0 Å². The molecule has 3 heterocycles. The number of benzene rings is 9. The highest BCUT2D eigenvalue weighted by Gasteiger charge is 2.24. The molecule has 4 heteroatoms. The first kappa shape index (κ1) is 36.5. The Kier molecular flexibility index (Phi) is 8.68. The van der Waals surface area contributed by atoms with Gasteiger partial charge in [-0.2, -0.15) is 0 Å². The van der Waals surface area contributed by atoms with Gasteiger partial charge in [-0.25, -0.2) is 0 Å². The zero-order valence-electron chi connectivity index (χ0n) is 34.4. The van der Waals surface area contributed by atoms with Gasteiger partial charge in [-0.1, -0.05) is 164 Å². The normalized spacial score (nSPS) is 13.9. The van der Waals surface area contributed by atoms with Crippen molar-refractivity contribution < 1.29 is 8.83 Å². The van der Waals surface area contributed by atoms with E-state index in [1.54, 1.807) is 0 Å². The maximum Gasteiger partial charge on any atom is 0.137 e. The van der Waals surface area contributed by atoms with Gasteiger partial charge < -0.3 is 18.6 Å². The molecule has 1 aliphatic rings. The number of para-hydroxylation sites is 3. The zero-order chi connectivity index (χ0) is 41.9. The van der Waals surface area contributed by atoms with E-state index in [2.05, 4.69) is 217 Å². The van der Waals surface area contributed by atoms with Crippen molar-refractivity contribution in [1.82, 2.24) is 0 Å². The molecule has 0 spiro atoms. The summed E-state index contributed by atoms with van der Waals surface area (Å²) in [7, 11) is 0. The molecule has 0 saturated heterocycles. The summed E-state index contributed by atoms with van der Waals surface area (Å²) in [6.45, 7) is 5.21. The fraction of sp³-hybridized carbons (Fsp3) is 0.0169. The lowest BCUT2D eigenvalue weighted by Crippen LogP contribution is -2.18. The second kappa shape index (κ2) is 15.0. The average molecular weight is 809 g/mol. The van der Waals surface area contributed by atoms with Crippen LogP contribution in [-0.4, -0.2) is 6.54 Å². The van der Waals surface area contributed by atoms with E-state index >= 15 is 0 Å². The largest absolute Gasteiger partial charge is 0.456 e. The number of allylic oxidation sites excluding steroid dienone is 4. The summed E-state index contributed by atoms with van der Waals surface area (Å²) in [5.41, 5.74) is 15.4. The van der Waals surface area contributed by atoms with Crippen molar-refractivity contribution in [2.45, 2.75) is 0 Å². The van der Waals surface area contributed by atoms with Crippen molar-refractivity contribution in [3.63, 3.8) is 0 Å². The molecule has 0 N–H and O–H groups in total. The minimum absolute atomic E-state index is 0.669. The van der Waals surface area contributed by atoms with Crippen LogP contribution in [0, 0.1) is 0 Å². The first-order valence-electron chi connectivity index (χ1n) is 21.4. The van der Waals surface area contributed by atoms with Gasteiger partial charge in [0.1, 0.15) is 22.3 Å². The summed E-state index contributed by atoms with van der Waals surface area (Å²) in [5, 5.41) is 6.71. The zero-order valence-corrected chi connectivity index (χ0v) is 34.4. The number of hydrogen-bond donors (Lipinski definition) is 0. The summed E-state index contributed by atoms with van der Waals surface area (Å²) in [6, 6.07) is 69.1. The molecule has 1 aliphatic heterocycles. The van der Waals surface area contributed by atoms with Gasteiger partial charge in [0.15, 0.2) is 0 Å². The van der Waals surface area contributed by atoms with E-state index in [9.17, 15) is 0 Å². The highest BCUT2D eigenvalue weighted by molar-refractivity contribution is 6.16. The van der Waals surface area contributed by atoms with Gasteiger partial charge in [0, 0.05) is 39.5 Å². The Labute approximate surface area is 365 Å². The van der Waals surface area contributed by atoms with Crippen LogP contribution in [0.25, 0.3) is 82.5 Å². The summed E-state index contributed by atoms with van der Waals surface area (Å²) < 4.78 is 12.9. The Morgan fingerprint density at radius 2 is 1.03 bits per heavy atom. The molecule has 2 aromatic heterocycles. The van der Waals surface area contributed by atoms with Crippen LogP contribution in [0.4, 0.5) is 28.4 Å². The predicted molar refractivity (Wildman–Crippen MR) is 265 cm³/mol. The second-order valence-corrected chi connectivity index (χ2v) is 16.1. The Hall–Kier alpha value is -8.34. The molecule has 0 atom stereocenters. The Morgan fingerprint density at radius 1 is 0.429 bits per heavy atom. The highest BCUT2D eigenvalue weighted by atomic mass is 16.3. The quantitative estimate of drug-likeness (QED) is 0.168. The summed E-state index contributed by atoms with van der Waals surface area (Å²) in [5.74, 6) is 0. The van der Waals surface area contributed by atoms with Crippen molar-refractivity contribution >= 4 is 88.7 Å². The third-order valence-electron chi connectivity index (χ3n) is 12.4. The lowest BCUT2D eigenvalue weighted by Gasteiger charge is -2.29. The van der Waals surface area contributed by atoms with E-state index < -0.39 is 0 Å². The van der Waals surface area contributed by atoms with Gasteiger partial charge in [-0.05, 0) is 88.3 Å². The van der Waals surface area contributed by atoms with Gasteiger partial charge in [-0.3, -0.25) is 0 Å². The smallest absolute Gasteiger partial charge is 0.137 e. The molecule has 0 amide bonds. The van der Waals surface area contributed by atoms with Crippen molar-refractivity contribution in [2.75, 3.05) is 16.3 Å². The summed E-state index contributed by atoms with van der Waals surface area (Å²) >= 11 is 0. The molecule has 12 rings (SSSR count). The van der Waals surface area contributed by atoms with Crippen LogP contribution in [0.5, 0.6) is 0 Å². The van der Waals surface area contributed by atoms with E-state index in [0.29, 0.717) is 6.54 Å². The fourth-order valence-electron chi connectivity index (χ4n) is 9.53. The van der Waals surface area contributed by atoms with E-state index in [0.717, 1.165) is 106 Å². The van der Waals surface area contributed by atoms with Crippen LogP contribution in [-0.2, 0) is 0 Å². The molecule has 0 aliphatic carbocycles. The van der Waals surface area contributed by atoms with E-state index in [-0.39, 0.29) is 0 Å². The summed E-state index contributed by atoms with van der Waals surface area (Å²) in [4.78, 5) is 4.83. The molecule has 298 valence electrons. The van der Waals surface area contributed by atoms with Crippen LogP contribution < -0.4 is 9.80 Å². The minimum atomic E-state index is 0.669. The number of hydrogen-bond acceptors (Lipinski definition) is 4. The Balaban J connectivity index is 1.03. The lowest BCUT2D eigenvalue weighted by atomic mass is 9.94. The highest BCUT2D eigenvalue weighted by Crippen LogP contribution is 2.48. The molecule has 0 fully saturated rings. The monoisotopic (exact) mass is 808 g/mol. The van der Waals surface area contributed by atoms with Crippen molar-refractivity contribution in [3.05, 3.63) is 231 Å². The number of nitrogens with zero attached hydrogens (tertiary/aromatic N) is 2. The molecule has 0 bridgehead atoms. The third-order valence-corrected chi connectivity index (χ3v) is 12.4. The SMILES string of the molecule is C=C1/C=C\C=C/CN(c2cccc3oc4ccccc4c23)c2cc(-c3cccc(-c4ccccc4N(c4cccc5ccccc45)c4cccc5oc6ccccc6c45)c3)ccc21. The number of anilines is 5. The standard InChI is InChI=1S/C59H40N2O2/c1-39-17-3-2-12-36-60(51-28-15-32-56-58(51)47-24-7-10-30-54(47)62-56)53-38-42(34-35-44(39)53)41-20-13-21-43(37-41)46-23-6-9-26-49(46)61(50-27-14-19-40-18-4-5-22-45(40)50)52-29-16-33-57-59(52)48-25-8-11-31-55(48)63-57/h2-35,37-38H,1,36H2/b12-2-,17-3-. The van der Waals surface area contributed by atoms with Gasteiger partial charge in [0.25, 0.3) is 0 Å². The molecule has 0 radical (unpaired) electrons. The third kappa shape index (κ3) is 6.14. The Morgan fingerprint density at radius 3 is 1.89 bits per heavy atom. The van der Waals surface area contributed by atoms with Gasteiger partial charge >= 0.3 is 0 Å². The van der Waals surface area contributed by atoms with Crippen molar-refractivity contribution in [2.24, 2.45) is 0 Å². The van der Waals surface area contributed by atoms with Crippen LogP contribution >= 0.6 is 0 Å². The molecule has 63 heavy (non-hydrogen) atoms. The lowest BCUT2D eigenvalue weighted by molar-refractivity contribution is 0.668. The molecule has 11 aromatic rings. The van der Waals surface area contributed by atoms with Crippen LogP contribution in [0.15, 0.2) is 234 Å². The van der Waals surface area contributed by atoms with Gasteiger partial charge in [0.2, 0.25) is 0 Å². The van der Waals surface area contributed by atoms with Crippen LogP contribution in [0.1, 0.15) is 5.56 Å². The maximum atomic E-state index is 6.47. The molecular weight excluding hydrogens is 769 g/mol. The average Bonchev–Trinajstić information content (AvgIpc) is 3.94. The molecule has 0 unspecified atom stereocenters. The maximum absolute atomic E-state index is 6.47. The second-order valence-electron chi connectivity index (χ2n) is 16.1. The van der Waals surface area contributed by atoms with Crippen LogP contribution in [0.3, 0.4) is 0 Å². The van der Waals surface area contributed by atoms with E-state index in [4.69, 9.17) is 8.83 Å². The van der Waals surface area contributed by atoms with Gasteiger partial charge in [0.05, 0.1) is 33.5 Å². The summed E-state index contributed by atoms with van der Waals surface area (Å²) in [6.07, 6.45) is 8.49. The van der Waals surface area contributed by atoms with E-state index in [1.807, 2.05) is 18.2 Å². The van der Waals surface area contributed by atoms with Crippen LogP contribution in [0.2, 0.25) is 0 Å². The van der Waals surface area contributed by atoms with Gasteiger partial charge in [-0.15, -0.1) is 0 Å². The molecule has 0 saturated carbocycles. The number of furan rings is 2. The number of fused-ring (bicyclic) bond motifs is 8.